The molecule has 0 radical (unpaired) electrons. The number of nitrogens with two attached hydrogens (primary N) is 1. The third-order valence-electron chi connectivity index (χ3n) is 3.51. The van der Waals surface area contributed by atoms with E-state index in [1.165, 1.54) is 16.4 Å². The fraction of sp³-hybridized carbons (Fsp3) is 0.188. The Morgan fingerprint density at radius 1 is 1.38 bits per heavy atom. The molecule has 1 aromatic carbocycles. The SMILES string of the molecule is C[C@H](NC(=O)CSc1nnc(-c2cc(Cl)ccc2Cl)n1N)c1ccco1. The molecule has 3 N–H and O–H groups in total. The van der Waals surface area contributed by atoms with Gasteiger partial charge in [-0.05, 0) is 37.3 Å². The van der Waals surface area contributed by atoms with Crippen LogP contribution in [0.1, 0.15) is 18.7 Å². The number of carbonyl (C=O) groups excluding carboxylic acids is 1. The molecule has 136 valence electrons. The molecule has 0 fully saturated rings. The van der Waals surface area contributed by atoms with Crippen LogP contribution in [0.25, 0.3) is 11.4 Å². The van der Waals surface area contributed by atoms with Crippen LogP contribution in [0.3, 0.4) is 0 Å². The fourth-order valence-corrected chi connectivity index (χ4v) is 3.29. The number of nitrogen functional groups attached to an aromatic ring is 1. The number of halogens is 2. The lowest BCUT2D eigenvalue weighted by molar-refractivity contribution is -0.119. The molecule has 0 aliphatic rings. The van der Waals surface area contributed by atoms with Gasteiger partial charge < -0.3 is 15.6 Å². The van der Waals surface area contributed by atoms with Gasteiger partial charge >= 0.3 is 0 Å². The molecule has 7 nitrogen and oxygen atoms in total. The van der Waals surface area contributed by atoms with Crippen LogP contribution >= 0.6 is 35.0 Å². The van der Waals surface area contributed by atoms with Gasteiger partial charge in [0.25, 0.3) is 0 Å². The maximum absolute atomic E-state index is 12.1. The molecule has 0 aliphatic heterocycles. The van der Waals surface area contributed by atoms with Crippen molar-refractivity contribution in [2.45, 2.75) is 18.1 Å². The lowest BCUT2D eigenvalue weighted by Gasteiger charge is -2.11. The van der Waals surface area contributed by atoms with E-state index in [9.17, 15) is 4.79 Å². The Morgan fingerprint density at radius 2 is 2.19 bits per heavy atom. The van der Waals surface area contributed by atoms with E-state index < -0.39 is 0 Å². The van der Waals surface area contributed by atoms with E-state index in [0.29, 0.717) is 32.3 Å². The standard InChI is InChI=1S/C16H15Cl2N5O2S/c1-9(13-3-2-6-25-13)20-14(24)8-26-16-22-21-15(23(16)19)11-7-10(17)4-5-12(11)18/h2-7,9H,8,19H2,1H3,(H,20,24)/t9-/m0/s1. The van der Waals surface area contributed by atoms with Gasteiger partial charge in [-0.15, -0.1) is 10.2 Å². The maximum Gasteiger partial charge on any atom is 0.231 e. The van der Waals surface area contributed by atoms with Crippen molar-refractivity contribution in [3.63, 3.8) is 0 Å². The van der Waals surface area contributed by atoms with Gasteiger partial charge in [-0.25, -0.2) is 4.68 Å². The normalized spacial score (nSPS) is 12.1. The second-order valence-electron chi connectivity index (χ2n) is 5.39. The summed E-state index contributed by atoms with van der Waals surface area (Å²) in [6.45, 7) is 1.84. The zero-order valence-electron chi connectivity index (χ0n) is 13.6. The average Bonchev–Trinajstić information content (AvgIpc) is 3.25. The number of carbonyl (C=O) groups is 1. The monoisotopic (exact) mass is 411 g/mol. The Balaban J connectivity index is 1.65. The first-order chi connectivity index (χ1) is 12.5. The molecule has 0 saturated carbocycles. The molecule has 3 rings (SSSR count). The number of benzene rings is 1. The van der Waals surface area contributed by atoms with Gasteiger partial charge in [0.15, 0.2) is 5.82 Å². The van der Waals surface area contributed by atoms with Crippen LogP contribution in [-0.2, 0) is 4.79 Å². The predicted octanol–water partition coefficient (Wildman–Crippen LogP) is 3.53. The summed E-state index contributed by atoms with van der Waals surface area (Å²) in [6, 6.07) is 8.33. The van der Waals surface area contributed by atoms with E-state index in [1.807, 2.05) is 6.92 Å². The quantitative estimate of drug-likeness (QED) is 0.475. The van der Waals surface area contributed by atoms with E-state index >= 15 is 0 Å². The van der Waals surface area contributed by atoms with Crippen LogP contribution in [0.5, 0.6) is 0 Å². The molecular weight excluding hydrogens is 397 g/mol. The number of nitrogens with one attached hydrogen (secondary N) is 1. The van der Waals surface area contributed by atoms with Crippen LogP contribution in [-0.4, -0.2) is 26.5 Å². The number of amides is 1. The second-order valence-corrected chi connectivity index (χ2v) is 7.18. The number of nitrogens with zero attached hydrogens (tertiary/aromatic N) is 3. The summed E-state index contributed by atoms with van der Waals surface area (Å²) in [5.41, 5.74) is 0.567. The molecular formula is C16H15Cl2N5O2S. The van der Waals surface area contributed by atoms with Gasteiger partial charge in [-0.3, -0.25) is 4.79 Å². The summed E-state index contributed by atoms with van der Waals surface area (Å²) in [5.74, 6) is 7.04. The number of furan rings is 1. The third-order valence-corrected chi connectivity index (χ3v) is 5.02. The zero-order valence-corrected chi connectivity index (χ0v) is 16.0. The topological polar surface area (TPSA) is 99.0 Å². The molecule has 0 saturated heterocycles. The number of thioether (sulfide) groups is 1. The highest BCUT2D eigenvalue weighted by molar-refractivity contribution is 7.99. The van der Waals surface area contributed by atoms with Gasteiger partial charge in [-0.2, -0.15) is 0 Å². The largest absolute Gasteiger partial charge is 0.467 e. The van der Waals surface area contributed by atoms with Crippen molar-refractivity contribution in [3.8, 4) is 11.4 Å². The first-order valence-corrected chi connectivity index (χ1v) is 9.31. The summed E-state index contributed by atoms with van der Waals surface area (Å²) < 4.78 is 6.54. The van der Waals surface area contributed by atoms with Crippen molar-refractivity contribution >= 4 is 40.9 Å². The van der Waals surface area contributed by atoms with Gasteiger partial charge in [0, 0.05) is 10.6 Å². The van der Waals surface area contributed by atoms with Crippen molar-refractivity contribution in [2.75, 3.05) is 11.6 Å². The number of hydrogen-bond donors (Lipinski definition) is 2. The van der Waals surface area contributed by atoms with Crippen molar-refractivity contribution < 1.29 is 9.21 Å². The molecule has 1 amide bonds. The lowest BCUT2D eigenvalue weighted by Crippen LogP contribution is -2.28. The van der Waals surface area contributed by atoms with Crippen LogP contribution in [0.4, 0.5) is 0 Å². The number of rotatable bonds is 6. The molecule has 1 atom stereocenters. The Morgan fingerprint density at radius 3 is 2.92 bits per heavy atom. The Kier molecular flexibility index (Phi) is 5.75. The summed E-state index contributed by atoms with van der Waals surface area (Å²) >= 11 is 13.3. The fourth-order valence-electron chi connectivity index (χ4n) is 2.25. The second kappa shape index (κ2) is 8.03. The summed E-state index contributed by atoms with van der Waals surface area (Å²) in [5, 5.41) is 12.2. The molecule has 3 aromatic rings. The highest BCUT2D eigenvalue weighted by atomic mass is 35.5. The smallest absolute Gasteiger partial charge is 0.231 e. The molecule has 0 aliphatic carbocycles. The Bertz CT molecular complexity index is 914. The lowest BCUT2D eigenvalue weighted by atomic mass is 10.2. The first kappa shape index (κ1) is 18.6. The van der Waals surface area contributed by atoms with E-state index in [1.54, 1.807) is 36.6 Å². The molecule has 26 heavy (non-hydrogen) atoms. The minimum atomic E-state index is -0.227. The van der Waals surface area contributed by atoms with Crippen molar-refractivity contribution in [1.29, 1.82) is 0 Å². The molecule has 0 unspecified atom stereocenters. The van der Waals surface area contributed by atoms with Crippen LogP contribution in [0.2, 0.25) is 10.0 Å². The number of aromatic nitrogens is 3. The van der Waals surface area contributed by atoms with Gasteiger partial charge in [0.2, 0.25) is 11.1 Å². The van der Waals surface area contributed by atoms with Crippen LogP contribution < -0.4 is 11.2 Å². The Hall–Kier alpha value is -2.16. The van der Waals surface area contributed by atoms with Crippen LogP contribution in [0.15, 0.2) is 46.2 Å². The highest BCUT2D eigenvalue weighted by Gasteiger charge is 2.17. The van der Waals surface area contributed by atoms with Crippen molar-refractivity contribution in [1.82, 2.24) is 20.2 Å². The van der Waals surface area contributed by atoms with Crippen LogP contribution in [0, 0.1) is 0 Å². The van der Waals surface area contributed by atoms with Gasteiger partial charge in [0.1, 0.15) is 5.76 Å². The van der Waals surface area contributed by atoms with Gasteiger partial charge in [0.05, 0.1) is 23.1 Å². The number of hydrogen-bond acceptors (Lipinski definition) is 6. The highest BCUT2D eigenvalue weighted by Crippen LogP contribution is 2.30. The third kappa shape index (κ3) is 4.14. The van der Waals surface area contributed by atoms with E-state index in [2.05, 4.69) is 15.5 Å². The molecule has 10 heteroatoms. The average molecular weight is 412 g/mol. The molecule has 2 heterocycles. The predicted molar refractivity (Wildman–Crippen MR) is 102 cm³/mol. The van der Waals surface area contributed by atoms with E-state index in [4.69, 9.17) is 33.5 Å². The minimum Gasteiger partial charge on any atom is -0.467 e. The van der Waals surface area contributed by atoms with Crippen molar-refractivity contribution in [2.24, 2.45) is 0 Å². The first-order valence-electron chi connectivity index (χ1n) is 7.57. The summed E-state index contributed by atoms with van der Waals surface area (Å²) in [4.78, 5) is 12.1. The van der Waals surface area contributed by atoms with E-state index in [-0.39, 0.29) is 17.7 Å². The Labute approximate surface area is 163 Å². The molecule has 0 spiro atoms. The maximum atomic E-state index is 12.1. The zero-order chi connectivity index (χ0) is 18.7. The van der Waals surface area contributed by atoms with Gasteiger partial charge in [-0.1, -0.05) is 35.0 Å². The molecule has 0 bridgehead atoms. The van der Waals surface area contributed by atoms with Crippen molar-refractivity contribution in [3.05, 3.63) is 52.4 Å². The molecule has 2 aromatic heterocycles. The van der Waals surface area contributed by atoms with E-state index in [0.717, 1.165) is 0 Å². The summed E-state index contributed by atoms with van der Waals surface area (Å²) in [6.07, 6.45) is 1.56. The summed E-state index contributed by atoms with van der Waals surface area (Å²) in [7, 11) is 0. The minimum absolute atomic E-state index is 0.129.